The van der Waals surface area contributed by atoms with Crippen LogP contribution in [0.2, 0.25) is 0 Å². The first-order valence-corrected chi connectivity index (χ1v) is 6.29. The van der Waals surface area contributed by atoms with E-state index in [1.54, 1.807) is 6.07 Å². The second kappa shape index (κ2) is 5.25. The molecule has 2 nitrogen and oxygen atoms in total. The molecule has 16 heavy (non-hydrogen) atoms. The molecule has 0 bridgehead atoms. The minimum absolute atomic E-state index is 0.0191. The van der Waals surface area contributed by atoms with Gasteiger partial charge in [-0.05, 0) is 49.1 Å². The van der Waals surface area contributed by atoms with Crippen molar-refractivity contribution >= 4 is 15.9 Å². The van der Waals surface area contributed by atoms with E-state index in [1.807, 2.05) is 0 Å². The lowest BCUT2D eigenvalue weighted by molar-refractivity contribution is 0.243. The number of benzene rings is 1. The third kappa shape index (κ3) is 3.03. The first kappa shape index (κ1) is 12.0. The smallest absolute Gasteiger partial charge is 0.123 e. The zero-order valence-electron chi connectivity index (χ0n) is 8.92. The summed E-state index contributed by atoms with van der Waals surface area (Å²) >= 11 is 3.38. The highest BCUT2D eigenvalue weighted by Gasteiger charge is 2.23. The summed E-state index contributed by atoms with van der Waals surface area (Å²) in [6.07, 6.45) is 2.52. The Morgan fingerprint density at radius 3 is 2.88 bits per heavy atom. The number of rotatable bonds is 5. The van der Waals surface area contributed by atoms with Crippen molar-refractivity contribution in [1.29, 1.82) is 0 Å². The molecule has 1 saturated carbocycles. The molecule has 88 valence electrons. The van der Waals surface area contributed by atoms with Crippen molar-refractivity contribution in [3.05, 3.63) is 34.1 Å². The topological polar surface area (TPSA) is 32.3 Å². The van der Waals surface area contributed by atoms with Crippen molar-refractivity contribution in [2.45, 2.75) is 18.9 Å². The molecule has 2 rings (SSSR count). The Morgan fingerprint density at radius 2 is 2.25 bits per heavy atom. The SMILES string of the molecule is OCC(NCC1CC1)c1cc(F)ccc1Br. The maximum absolute atomic E-state index is 13.1. The van der Waals surface area contributed by atoms with Gasteiger partial charge in [-0.2, -0.15) is 0 Å². The second-order valence-electron chi connectivity index (χ2n) is 4.25. The van der Waals surface area contributed by atoms with Crippen molar-refractivity contribution in [2.75, 3.05) is 13.2 Å². The van der Waals surface area contributed by atoms with Crippen molar-refractivity contribution in [2.24, 2.45) is 5.92 Å². The number of hydrogen-bond acceptors (Lipinski definition) is 2. The standard InChI is InChI=1S/C12H15BrFNO/c13-11-4-3-9(14)5-10(11)12(7-16)15-6-8-1-2-8/h3-5,8,12,15-16H,1-2,6-7H2. The third-order valence-electron chi connectivity index (χ3n) is 2.87. The van der Waals surface area contributed by atoms with E-state index in [4.69, 9.17) is 0 Å². The lowest BCUT2D eigenvalue weighted by Gasteiger charge is -2.18. The fraction of sp³-hybridized carbons (Fsp3) is 0.500. The predicted octanol–water partition coefficient (Wildman–Crippen LogP) is 2.62. The molecule has 0 radical (unpaired) electrons. The molecule has 1 unspecified atom stereocenters. The molecule has 2 N–H and O–H groups in total. The molecule has 0 saturated heterocycles. The fourth-order valence-electron chi connectivity index (χ4n) is 1.69. The van der Waals surface area contributed by atoms with Crippen molar-refractivity contribution in [3.8, 4) is 0 Å². The van der Waals surface area contributed by atoms with Crippen LogP contribution in [0, 0.1) is 11.7 Å². The van der Waals surface area contributed by atoms with Crippen LogP contribution in [0.25, 0.3) is 0 Å². The first-order chi connectivity index (χ1) is 7.70. The lowest BCUT2D eigenvalue weighted by Crippen LogP contribution is -2.26. The van der Waals surface area contributed by atoms with E-state index in [2.05, 4.69) is 21.2 Å². The van der Waals surface area contributed by atoms with Crippen LogP contribution in [0.1, 0.15) is 24.4 Å². The first-order valence-electron chi connectivity index (χ1n) is 5.50. The Bertz CT molecular complexity index is 368. The number of aliphatic hydroxyl groups is 1. The summed E-state index contributed by atoms with van der Waals surface area (Å²) < 4.78 is 14.0. The molecule has 0 aliphatic heterocycles. The molecule has 0 aromatic heterocycles. The van der Waals surface area contributed by atoms with E-state index < -0.39 is 0 Å². The summed E-state index contributed by atoms with van der Waals surface area (Å²) in [6, 6.07) is 4.35. The Balaban J connectivity index is 2.07. The summed E-state index contributed by atoms with van der Waals surface area (Å²) in [7, 11) is 0. The monoisotopic (exact) mass is 287 g/mol. The molecule has 0 heterocycles. The molecule has 4 heteroatoms. The average Bonchev–Trinajstić information content (AvgIpc) is 3.07. The Morgan fingerprint density at radius 1 is 1.50 bits per heavy atom. The van der Waals surface area contributed by atoms with Crippen molar-refractivity contribution in [3.63, 3.8) is 0 Å². The molecule has 0 spiro atoms. The van der Waals surface area contributed by atoms with Crippen LogP contribution in [-0.2, 0) is 0 Å². The van der Waals surface area contributed by atoms with Gasteiger partial charge in [0.2, 0.25) is 0 Å². The lowest BCUT2D eigenvalue weighted by atomic mass is 10.1. The Kier molecular flexibility index (Phi) is 3.95. The average molecular weight is 288 g/mol. The highest BCUT2D eigenvalue weighted by atomic mass is 79.9. The molecular weight excluding hydrogens is 273 g/mol. The molecule has 1 aliphatic rings. The minimum Gasteiger partial charge on any atom is -0.394 e. The van der Waals surface area contributed by atoms with E-state index in [1.165, 1.54) is 25.0 Å². The van der Waals surface area contributed by atoms with E-state index in [9.17, 15) is 9.50 Å². The largest absolute Gasteiger partial charge is 0.394 e. The van der Waals surface area contributed by atoms with E-state index in [0.29, 0.717) is 0 Å². The summed E-state index contributed by atoms with van der Waals surface area (Å²) in [5.41, 5.74) is 0.781. The maximum Gasteiger partial charge on any atom is 0.123 e. The molecule has 1 atom stereocenters. The summed E-state index contributed by atoms with van der Waals surface area (Å²) in [5.74, 6) is 0.464. The van der Waals surface area contributed by atoms with E-state index >= 15 is 0 Å². The van der Waals surface area contributed by atoms with Crippen LogP contribution in [0.3, 0.4) is 0 Å². The van der Waals surface area contributed by atoms with Crippen LogP contribution in [0.4, 0.5) is 4.39 Å². The van der Waals surface area contributed by atoms with Crippen LogP contribution in [0.5, 0.6) is 0 Å². The van der Waals surface area contributed by atoms with Crippen LogP contribution >= 0.6 is 15.9 Å². The Labute approximate surface area is 103 Å². The van der Waals surface area contributed by atoms with Crippen molar-refractivity contribution in [1.82, 2.24) is 5.32 Å². The van der Waals surface area contributed by atoms with Gasteiger partial charge in [0.1, 0.15) is 5.82 Å². The summed E-state index contributed by atoms with van der Waals surface area (Å²) in [6.45, 7) is 0.878. The van der Waals surface area contributed by atoms with Gasteiger partial charge in [-0.15, -0.1) is 0 Å². The molecular formula is C12H15BrFNO. The molecule has 1 aliphatic carbocycles. The molecule has 0 amide bonds. The highest BCUT2D eigenvalue weighted by molar-refractivity contribution is 9.10. The number of nitrogens with one attached hydrogen (secondary N) is 1. The van der Waals surface area contributed by atoms with Gasteiger partial charge in [-0.25, -0.2) is 4.39 Å². The normalized spacial score (nSPS) is 17.4. The van der Waals surface area contributed by atoms with Gasteiger partial charge < -0.3 is 10.4 Å². The van der Waals surface area contributed by atoms with Crippen LogP contribution in [-0.4, -0.2) is 18.3 Å². The van der Waals surface area contributed by atoms with E-state index in [0.717, 1.165) is 22.5 Å². The molecule has 1 aromatic rings. The third-order valence-corrected chi connectivity index (χ3v) is 3.59. The van der Waals surface area contributed by atoms with Gasteiger partial charge in [0.15, 0.2) is 0 Å². The number of halogens is 2. The molecule has 1 fully saturated rings. The highest BCUT2D eigenvalue weighted by Crippen LogP contribution is 2.30. The summed E-state index contributed by atoms with van der Waals surface area (Å²) in [5, 5.41) is 12.6. The Hall–Kier alpha value is -0.450. The van der Waals surface area contributed by atoms with Gasteiger partial charge in [0.05, 0.1) is 12.6 Å². The second-order valence-corrected chi connectivity index (χ2v) is 5.11. The number of hydrogen-bond donors (Lipinski definition) is 2. The van der Waals surface area contributed by atoms with Gasteiger partial charge in [-0.1, -0.05) is 15.9 Å². The minimum atomic E-state index is -0.273. The maximum atomic E-state index is 13.1. The van der Waals surface area contributed by atoms with Crippen LogP contribution < -0.4 is 5.32 Å². The zero-order valence-corrected chi connectivity index (χ0v) is 10.5. The van der Waals surface area contributed by atoms with Gasteiger partial charge in [0.25, 0.3) is 0 Å². The van der Waals surface area contributed by atoms with Gasteiger partial charge >= 0.3 is 0 Å². The number of aliphatic hydroxyl groups excluding tert-OH is 1. The summed E-state index contributed by atoms with van der Waals surface area (Å²) in [4.78, 5) is 0. The fourth-order valence-corrected chi connectivity index (χ4v) is 2.21. The van der Waals surface area contributed by atoms with Crippen molar-refractivity contribution < 1.29 is 9.50 Å². The van der Waals surface area contributed by atoms with Crippen LogP contribution in [0.15, 0.2) is 22.7 Å². The quantitative estimate of drug-likeness (QED) is 0.873. The zero-order chi connectivity index (χ0) is 11.5. The molecule has 1 aromatic carbocycles. The predicted molar refractivity (Wildman–Crippen MR) is 64.7 cm³/mol. The van der Waals surface area contributed by atoms with Gasteiger partial charge in [-0.3, -0.25) is 0 Å². The van der Waals surface area contributed by atoms with Gasteiger partial charge in [0, 0.05) is 4.47 Å². The van der Waals surface area contributed by atoms with E-state index in [-0.39, 0.29) is 18.5 Å².